The van der Waals surface area contributed by atoms with E-state index in [0.717, 1.165) is 12.0 Å². The van der Waals surface area contributed by atoms with E-state index in [-0.39, 0.29) is 12.5 Å². The zero-order chi connectivity index (χ0) is 14.5. The molecule has 0 radical (unpaired) electrons. The lowest BCUT2D eigenvalue weighted by molar-refractivity contribution is -0.129. The van der Waals surface area contributed by atoms with Gasteiger partial charge >= 0.3 is 6.09 Å². The molecule has 2 rings (SSSR count). The fraction of sp³-hybridized carbons (Fsp3) is 0.500. The van der Waals surface area contributed by atoms with Crippen molar-refractivity contribution in [2.45, 2.75) is 33.3 Å². The highest BCUT2D eigenvalue weighted by Gasteiger charge is 2.30. The van der Waals surface area contributed by atoms with E-state index < -0.39 is 6.09 Å². The third-order valence-corrected chi connectivity index (χ3v) is 3.55. The van der Waals surface area contributed by atoms with Crippen LogP contribution in [-0.4, -0.2) is 23.4 Å². The standard InChI is InChI=1S/C16H21NO3/c1-12-8-13(2)10-17(15(18)9-12)16(19)20-11-14-6-4-3-5-7-14/h3-7,12-13H,8-11H2,1-2H3. The summed E-state index contributed by atoms with van der Waals surface area (Å²) in [4.78, 5) is 25.4. The Morgan fingerprint density at radius 2 is 1.95 bits per heavy atom. The summed E-state index contributed by atoms with van der Waals surface area (Å²) in [5, 5.41) is 0. The van der Waals surface area contributed by atoms with E-state index in [1.54, 1.807) is 0 Å². The van der Waals surface area contributed by atoms with Gasteiger partial charge in [-0.25, -0.2) is 9.69 Å². The second-order valence-corrected chi connectivity index (χ2v) is 5.69. The average molecular weight is 275 g/mol. The quantitative estimate of drug-likeness (QED) is 0.832. The Morgan fingerprint density at radius 3 is 2.65 bits per heavy atom. The van der Waals surface area contributed by atoms with Crippen LogP contribution in [0.15, 0.2) is 30.3 Å². The minimum absolute atomic E-state index is 0.125. The molecular weight excluding hydrogens is 254 g/mol. The molecule has 2 atom stereocenters. The topological polar surface area (TPSA) is 46.6 Å². The van der Waals surface area contributed by atoms with E-state index in [4.69, 9.17) is 4.74 Å². The molecule has 1 aliphatic heterocycles. The molecule has 2 amide bonds. The monoisotopic (exact) mass is 275 g/mol. The van der Waals surface area contributed by atoms with E-state index in [0.29, 0.717) is 24.8 Å². The van der Waals surface area contributed by atoms with Gasteiger partial charge in [0.2, 0.25) is 5.91 Å². The van der Waals surface area contributed by atoms with Gasteiger partial charge in [-0.3, -0.25) is 4.79 Å². The molecule has 0 saturated carbocycles. The highest BCUT2D eigenvalue weighted by atomic mass is 16.6. The molecule has 1 aliphatic rings. The van der Waals surface area contributed by atoms with E-state index in [9.17, 15) is 9.59 Å². The summed E-state index contributed by atoms with van der Waals surface area (Å²) >= 11 is 0. The fourth-order valence-corrected chi connectivity index (χ4v) is 2.64. The van der Waals surface area contributed by atoms with Gasteiger partial charge in [-0.1, -0.05) is 44.2 Å². The molecule has 1 fully saturated rings. The first-order valence-electron chi connectivity index (χ1n) is 7.07. The molecule has 1 aromatic carbocycles. The molecule has 1 saturated heterocycles. The maximum absolute atomic E-state index is 12.1. The van der Waals surface area contributed by atoms with Crippen LogP contribution in [0.2, 0.25) is 0 Å². The van der Waals surface area contributed by atoms with Crippen LogP contribution < -0.4 is 0 Å². The van der Waals surface area contributed by atoms with Gasteiger partial charge < -0.3 is 4.74 Å². The summed E-state index contributed by atoms with van der Waals surface area (Å²) in [6.45, 7) is 4.77. The number of imide groups is 1. The van der Waals surface area contributed by atoms with Crippen molar-refractivity contribution < 1.29 is 14.3 Å². The predicted octanol–water partition coefficient (Wildman–Crippen LogP) is 3.22. The smallest absolute Gasteiger partial charge is 0.416 e. The molecule has 2 unspecified atom stereocenters. The number of benzene rings is 1. The SMILES string of the molecule is CC1CC(=O)N(C(=O)OCc2ccccc2)CC(C)C1. The molecule has 0 N–H and O–H groups in total. The molecule has 1 heterocycles. The zero-order valence-corrected chi connectivity index (χ0v) is 12.0. The van der Waals surface area contributed by atoms with Crippen molar-refractivity contribution in [2.75, 3.05) is 6.54 Å². The summed E-state index contributed by atoms with van der Waals surface area (Å²) in [6.07, 6.45) is 0.860. The van der Waals surface area contributed by atoms with E-state index in [1.165, 1.54) is 4.90 Å². The van der Waals surface area contributed by atoms with Crippen molar-refractivity contribution in [1.29, 1.82) is 0 Å². The molecule has 0 aromatic heterocycles. The van der Waals surface area contributed by atoms with Crippen molar-refractivity contribution >= 4 is 12.0 Å². The molecule has 0 spiro atoms. The number of carbonyl (C=O) groups excluding carboxylic acids is 2. The number of ether oxygens (including phenoxy) is 1. The van der Waals surface area contributed by atoms with Gasteiger partial charge in [0.05, 0.1) is 0 Å². The summed E-state index contributed by atoms with van der Waals surface area (Å²) < 4.78 is 5.24. The van der Waals surface area contributed by atoms with E-state index >= 15 is 0 Å². The van der Waals surface area contributed by atoms with Gasteiger partial charge in [-0.15, -0.1) is 0 Å². The highest BCUT2D eigenvalue weighted by molar-refractivity contribution is 5.92. The van der Waals surface area contributed by atoms with Gasteiger partial charge in [0.25, 0.3) is 0 Å². The Morgan fingerprint density at radius 1 is 1.25 bits per heavy atom. The summed E-state index contributed by atoms with van der Waals surface area (Å²) in [5.74, 6) is 0.519. The fourth-order valence-electron chi connectivity index (χ4n) is 2.64. The first kappa shape index (κ1) is 14.6. The van der Waals surface area contributed by atoms with Gasteiger partial charge in [0, 0.05) is 13.0 Å². The van der Waals surface area contributed by atoms with Crippen molar-refractivity contribution in [3.8, 4) is 0 Å². The maximum atomic E-state index is 12.1. The highest BCUT2D eigenvalue weighted by Crippen LogP contribution is 2.22. The third kappa shape index (κ3) is 3.83. The summed E-state index contributed by atoms with van der Waals surface area (Å²) in [5.41, 5.74) is 0.921. The van der Waals surface area contributed by atoms with Crippen molar-refractivity contribution in [3.63, 3.8) is 0 Å². The van der Waals surface area contributed by atoms with Crippen LogP contribution in [0, 0.1) is 11.8 Å². The Kier molecular flexibility index (Phi) is 4.77. The van der Waals surface area contributed by atoms with E-state index in [2.05, 4.69) is 6.92 Å². The molecule has 4 heteroatoms. The largest absolute Gasteiger partial charge is 0.444 e. The van der Waals surface area contributed by atoms with Crippen molar-refractivity contribution in [3.05, 3.63) is 35.9 Å². The molecule has 4 nitrogen and oxygen atoms in total. The van der Waals surface area contributed by atoms with Gasteiger partial charge in [-0.05, 0) is 23.8 Å². The van der Waals surface area contributed by atoms with Crippen LogP contribution in [0.5, 0.6) is 0 Å². The van der Waals surface area contributed by atoms with Gasteiger partial charge in [-0.2, -0.15) is 0 Å². The number of rotatable bonds is 2. The van der Waals surface area contributed by atoms with Crippen LogP contribution in [-0.2, 0) is 16.1 Å². The van der Waals surface area contributed by atoms with Crippen LogP contribution in [0.4, 0.5) is 4.79 Å². The zero-order valence-electron chi connectivity index (χ0n) is 12.0. The van der Waals surface area contributed by atoms with Gasteiger partial charge in [0.1, 0.15) is 6.61 Å². The Balaban J connectivity index is 1.95. The van der Waals surface area contributed by atoms with Crippen LogP contribution >= 0.6 is 0 Å². The van der Waals surface area contributed by atoms with Crippen LogP contribution in [0.3, 0.4) is 0 Å². The van der Waals surface area contributed by atoms with Crippen molar-refractivity contribution in [2.24, 2.45) is 11.8 Å². The normalized spacial score (nSPS) is 23.3. The second kappa shape index (κ2) is 6.55. The Labute approximate surface area is 119 Å². The number of hydrogen-bond donors (Lipinski definition) is 0. The molecular formula is C16H21NO3. The lowest BCUT2D eigenvalue weighted by atomic mass is 9.97. The average Bonchev–Trinajstić information content (AvgIpc) is 2.55. The number of hydrogen-bond acceptors (Lipinski definition) is 3. The van der Waals surface area contributed by atoms with E-state index in [1.807, 2.05) is 37.3 Å². The third-order valence-electron chi connectivity index (χ3n) is 3.55. The lowest BCUT2D eigenvalue weighted by Gasteiger charge is -2.20. The van der Waals surface area contributed by atoms with Crippen molar-refractivity contribution in [1.82, 2.24) is 4.90 Å². The number of amides is 2. The first-order chi connectivity index (χ1) is 9.56. The number of nitrogens with zero attached hydrogens (tertiary/aromatic N) is 1. The minimum atomic E-state index is -0.528. The minimum Gasteiger partial charge on any atom is -0.444 e. The van der Waals surface area contributed by atoms with Gasteiger partial charge in [0.15, 0.2) is 0 Å². The molecule has 0 bridgehead atoms. The lowest BCUT2D eigenvalue weighted by Crippen LogP contribution is -2.38. The first-order valence-corrected chi connectivity index (χ1v) is 7.07. The molecule has 1 aromatic rings. The number of carbonyl (C=O) groups is 2. The Hall–Kier alpha value is -1.84. The van der Waals surface area contributed by atoms with Crippen LogP contribution in [0.1, 0.15) is 32.3 Å². The second-order valence-electron chi connectivity index (χ2n) is 5.69. The molecule has 0 aliphatic carbocycles. The molecule has 20 heavy (non-hydrogen) atoms. The van der Waals surface area contributed by atoms with Crippen LogP contribution in [0.25, 0.3) is 0 Å². The molecule has 108 valence electrons. The summed E-state index contributed by atoms with van der Waals surface area (Å²) in [7, 11) is 0. The number of likely N-dealkylation sites (tertiary alicyclic amines) is 1. The Bertz CT molecular complexity index is 472. The predicted molar refractivity (Wildman–Crippen MR) is 75.9 cm³/mol. The maximum Gasteiger partial charge on any atom is 0.416 e. The summed E-state index contributed by atoms with van der Waals surface area (Å²) in [6, 6.07) is 9.48.